The summed E-state index contributed by atoms with van der Waals surface area (Å²) in [4.78, 5) is 25.3. The van der Waals surface area contributed by atoms with E-state index in [9.17, 15) is 9.59 Å². The third kappa shape index (κ3) is 6.78. The Balaban J connectivity index is 1.40. The Morgan fingerprint density at radius 2 is 1.67 bits per heavy atom. The first-order valence-corrected chi connectivity index (χ1v) is 14.8. The van der Waals surface area contributed by atoms with Crippen molar-refractivity contribution < 1.29 is 14.3 Å². The zero-order valence-electron chi connectivity index (χ0n) is 23.6. The smallest absolute Gasteiger partial charge is 0.338 e. The van der Waals surface area contributed by atoms with Crippen LogP contribution in [0.5, 0.6) is 0 Å². The molecule has 1 fully saturated rings. The maximum Gasteiger partial charge on any atom is 0.338 e. The first-order chi connectivity index (χ1) is 20.3. The highest BCUT2D eigenvalue weighted by molar-refractivity contribution is 6.32. The molecule has 10 heteroatoms. The van der Waals surface area contributed by atoms with E-state index in [1.807, 2.05) is 66.5 Å². The second-order valence-electron chi connectivity index (χ2n) is 10.2. The molecule has 3 aromatic carbocycles. The van der Waals surface area contributed by atoms with Crippen molar-refractivity contribution in [2.45, 2.75) is 39.7 Å². The van der Waals surface area contributed by atoms with Gasteiger partial charge in [0.15, 0.2) is 5.69 Å². The molecule has 5 rings (SSSR count). The highest BCUT2D eigenvalue weighted by atomic mass is 35.5. The largest absolute Gasteiger partial charge is 0.462 e. The van der Waals surface area contributed by atoms with Crippen molar-refractivity contribution in [2.75, 3.05) is 25.0 Å². The number of benzene rings is 3. The van der Waals surface area contributed by atoms with Crippen LogP contribution in [0.25, 0.3) is 16.9 Å². The fraction of sp³-hybridized carbons (Fsp3) is 0.281. The highest BCUT2D eigenvalue weighted by Crippen LogP contribution is 2.33. The van der Waals surface area contributed by atoms with Gasteiger partial charge in [-0.1, -0.05) is 53.9 Å². The lowest BCUT2D eigenvalue weighted by molar-refractivity contribution is 0.0526. The van der Waals surface area contributed by atoms with E-state index in [2.05, 4.69) is 10.7 Å². The molecule has 0 spiro atoms. The molecule has 42 heavy (non-hydrogen) atoms. The molecule has 218 valence electrons. The van der Waals surface area contributed by atoms with Gasteiger partial charge in [-0.2, -0.15) is 5.10 Å². The number of piperidine rings is 1. The van der Waals surface area contributed by atoms with Crippen LogP contribution >= 0.6 is 23.2 Å². The van der Waals surface area contributed by atoms with Crippen molar-refractivity contribution >= 4 is 40.8 Å². The Bertz CT molecular complexity index is 1560. The van der Waals surface area contributed by atoms with Crippen molar-refractivity contribution in [3.63, 3.8) is 0 Å². The summed E-state index contributed by atoms with van der Waals surface area (Å²) < 4.78 is 6.78. The van der Waals surface area contributed by atoms with E-state index in [4.69, 9.17) is 33.0 Å². The molecule has 1 aliphatic heterocycles. The predicted octanol–water partition coefficient (Wildman–Crippen LogP) is 7.07. The van der Waals surface area contributed by atoms with Crippen LogP contribution in [-0.4, -0.2) is 46.4 Å². The Morgan fingerprint density at radius 3 is 2.33 bits per heavy atom. The summed E-state index contributed by atoms with van der Waals surface area (Å²) in [5.74, 6) is -0.579. The highest BCUT2D eigenvalue weighted by Gasteiger charge is 2.25. The molecule has 4 aromatic rings. The summed E-state index contributed by atoms with van der Waals surface area (Å²) in [6, 6.07) is 20.4. The molecular formula is C32H33Cl2N5O3. The minimum absolute atomic E-state index is 0.244. The minimum Gasteiger partial charge on any atom is -0.462 e. The average Bonchev–Trinajstić information content (AvgIpc) is 3.34. The van der Waals surface area contributed by atoms with Crippen molar-refractivity contribution in [3.05, 3.63) is 99.2 Å². The molecule has 1 aromatic heterocycles. The number of carbonyl (C=O) groups excluding carboxylic acids is 2. The summed E-state index contributed by atoms with van der Waals surface area (Å²) in [6.07, 6.45) is 3.28. The number of nitrogens with one attached hydrogen (secondary N) is 2. The van der Waals surface area contributed by atoms with Gasteiger partial charge in [0, 0.05) is 41.5 Å². The lowest BCUT2D eigenvalue weighted by Gasteiger charge is -2.26. The number of esters is 1. The van der Waals surface area contributed by atoms with E-state index in [1.165, 1.54) is 6.42 Å². The predicted molar refractivity (Wildman–Crippen MR) is 166 cm³/mol. The van der Waals surface area contributed by atoms with E-state index in [1.54, 1.807) is 23.7 Å². The van der Waals surface area contributed by atoms with Crippen molar-refractivity contribution in [1.29, 1.82) is 0 Å². The molecule has 0 radical (unpaired) electrons. The third-order valence-electron chi connectivity index (χ3n) is 7.21. The number of halogens is 2. The van der Waals surface area contributed by atoms with Gasteiger partial charge in [0.1, 0.15) is 0 Å². The number of hydrazine groups is 1. The monoisotopic (exact) mass is 605 g/mol. The Morgan fingerprint density at radius 1 is 0.952 bits per heavy atom. The molecule has 2 N–H and O–H groups in total. The number of hydrogen-bond acceptors (Lipinski definition) is 6. The number of carbonyl (C=O) groups is 2. The molecular weight excluding hydrogens is 573 g/mol. The molecule has 0 unspecified atom stereocenters. The van der Waals surface area contributed by atoms with Crippen molar-refractivity contribution in [2.24, 2.45) is 0 Å². The summed E-state index contributed by atoms with van der Waals surface area (Å²) in [6.45, 7) is 6.21. The quantitative estimate of drug-likeness (QED) is 0.198. The number of amides is 1. The number of nitrogens with zero attached hydrogens (tertiary/aromatic N) is 3. The fourth-order valence-corrected chi connectivity index (χ4v) is 5.39. The zero-order chi connectivity index (χ0) is 29.6. The molecule has 1 saturated heterocycles. The fourth-order valence-electron chi connectivity index (χ4n) is 5.00. The molecule has 2 heterocycles. The molecule has 0 bridgehead atoms. The lowest BCUT2D eigenvalue weighted by Crippen LogP contribution is -2.45. The van der Waals surface area contributed by atoms with Crippen LogP contribution in [0.15, 0.2) is 66.7 Å². The Hall–Kier alpha value is -3.85. The van der Waals surface area contributed by atoms with E-state index < -0.39 is 0 Å². The van der Waals surface area contributed by atoms with Crippen LogP contribution in [0.3, 0.4) is 0 Å². The number of rotatable bonds is 9. The standard InChI is InChI=1S/C32H33Cl2N5O3/c1-3-42-32(41)24-9-7-22(8-10-24)20-35-26-15-16-28(27(34)19-26)39-30(23-11-13-25(33)14-12-23)21(2)29(36-39)31(40)37-38-17-5-4-6-18-38/h7-16,19,35H,3-6,17-18,20H2,1-2H3,(H,37,40). The van der Waals surface area contributed by atoms with Gasteiger partial charge in [0.05, 0.1) is 28.6 Å². The molecule has 0 aliphatic carbocycles. The maximum absolute atomic E-state index is 13.3. The van der Waals surface area contributed by atoms with Gasteiger partial charge in [0.25, 0.3) is 5.91 Å². The Kier molecular flexibility index (Phi) is 9.47. The van der Waals surface area contributed by atoms with Crippen molar-refractivity contribution in [1.82, 2.24) is 20.2 Å². The van der Waals surface area contributed by atoms with Crippen LogP contribution < -0.4 is 10.7 Å². The average molecular weight is 607 g/mol. The summed E-state index contributed by atoms with van der Waals surface area (Å²) in [7, 11) is 0. The van der Waals surface area contributed by atoms with E-state index in [0.717, 1.165) is 54.0 Å². The van der Waals surface area contributed by atoms with Gasteiger partial charge in [-0.05, 0) is 74.7 Å². The van der Waals surface area contributed by atoms with Gasteiger partial charge in [-0.15, -0.1) is 0 Å². The van der Waals surface area contributed by atoms with Gasteiger partial charge in [-0.25, -0.2) is 14.5 Å². The van der Waals surface area contributed by atoms with Crippen LogP contribution in [0.2, 0.25) is 10.0 Å². The maximum atomic E-state index is 13.3. The second kappa shape index (κ2) is 13.4. The summed E-state index contributed by atoms with van der Waals surface area (Å²) in [5.41, 5.74) is 8.73. The molecule has 1 aliphatic rings. The first-order valence-electron chi connectivity index (χ1n) is 14.1. The van der Waals surface area contributed by atoms with Gasteiger partial charge in [0.2, 0.25) is 0 Å². The van der Waals surface area contributed by atoms with Crippen LogP contribution in [0, 0.1) is 6.92 Å². The first kappa shape index (κ1) is 29.6. The molecule has 0 saturated carbocycles. The number of aromatic nitrogens is 2. The number of hydrogen-bond donors (Lipinski definition) is 2. The van der Waals surface area contributed by atoms with Gasteiger partial charge >= 0.3 is 5.97 Å². The van der Waals surface area contributed by atoms with Crippen LogP contribution in [0.4, 0.5) is 5.69 Å². The van der Waals surface area contributed by atoms with E-state index in [0.29, 0.717) is 40.1 Å². The minimum atomic E-state index is -0.335. The third-order valence-corrected chi connectivity index (χ3v) is 7.76. The van der Waals surface area contributed by atoms with Gasteiger partial charge < -0.3 is 10.1 Å². The Labute approximate surface area is 255 Å². The lowest BCUT2D eigenvalue weighted by atomic mass is 10.1. The second-order valence-corrected chi connectivity index (χ2v) is 11.0. The number of ether oxygens (including phenoxy) is 1. The van der Waals surface area contributed by atoms with Gasteiger partial charge in [-0.3, -0.25) is 10.2 Å². The molecule has 0 atom stereocenters. The summed E-state index contributed by atoms with van der Waals surface area (Å²) >= 11 is 13.0. The van der Waals surface area contributed by atoms with Crippen LogP contribution in [0.1, 0.15) is 58.2 Å². The zero-order valence-corrected chi connectivity index (χ0v) is 25.1. The molecule has 1 amide bonds. The normalized spacial score (nSPS) is 13.5. The summed E-state index contributed by atoms with van der Waals surface area (Å²) in [5, 5.41) is 11.2. The number of anilines is 1. The molecule has 8 nitrogen and oxygen atoms in total. The van der Waals surface area contributed by atoms with Crippen LogP contribution in [-0.2, 0) is 11.3 Å². The van der Waals surface area contributed by atoms with Crippen molar-refractivity contribution in [3.8, 4) is 16.9 Å². The SMILES string of the molecule is CCOC(=O)c1ccc(CNc2ccc(-n3nc(C(=O)NN4CCCCC4)c(C)c3-c3ccc(Cl)cc3)c(Cl)c2)cc1. The topological polar surface area (TPSA) is 88.5 Å². The van der Waals surface area contributed by atoms with E-state index in [-0.39, 0.29) is 11.9 Å². The van der Waals surface area contributed by atoms with E-state index >= 15 is 0 Å².